The first-order chi connectivity index (χ1) is 20.4. The summed E-state index contributed by atoms with van der Waals surface area (Å²) in [7, 11) is 15.1. The molecule has 0 unspecified atom stereocenters. The van der Waals surface area contributed by atoms with Crippen LogP contribution in [0.3, 0.4) is 0 Å². The van der Waals surface area contributed by atoms with Gasteiger partial charge in [0.25, 0.3) is 0 Å². The summed E-state index contributed by atoms with van der Waals surface area (Å²) in [4.78, 5) is 16.7. The Hall–Kier alpha value is -2.74. The molecule has 1 amide bonds. The summed E-state index contributed by atoms with van der Waals surface area (Å²) in [6, 6.07) is 14.8. The molecule has 1 aliphatic rings. The van der Waals surface area contributed by atoms with Crippen LogP contribution < -0.4 is 19.9 Å². The number of halogens is 5. The number of para-hydroxylation sites is 1. The number of hydrogen-bond donors (Lipinski definition) is 1. The first-order valence-electron chi connectivity index (χ1n) is 14.2. The maximum absolute atomic E-state index is 13.8. The molecule has 1 aliphatic heterocycles. The van der Waals surface area contributed by atoms with Gasteiger partial charge >= 0.3 is 269 Å². The standard InChI is InChI=1S/C21H26N2.C12H12F3NO2.2ClH.Ru/c1-14-9-16(3)20(17(4)10-14)22-7-8-23(13-22)21-18(5)11-15(2)12-19(21)6;1-8(2)18-10-6-4-3-5-9(10)7-16-11(17)12(13,14)15;;;/h9-12H,7-8H2,1-6H3;3-6,8H,1-2H3,(H,16,17);2*1H;/q;;;;+2/p-2. The minimum absolute atomic E-state index is 0.181. The third-order valence-electron chi connectivity index (χ3n) is 7.17. The van der Waals surface area contributed by atoms with Crippen molar-refractivity contribution in [3.63, 3.8) is 0 Å². The number of ether oxygens (including phenoxy) is 1. The fourth-order valence-electron chi connectivity index (χ4n) is 5.85. The Morgan fingerprint density at radius 3 is 1.68 bits per heavy atom. The summed E-state index contributed by atoms with van der Waals surface area (Å²) < 4.78 is 47.8. The molecule has 3 aromatic rings. The number of aryl methyl sites for hydroxylation is 6. The molecular formula is C33H38Cl2F3N3O2Ru. The number of nitrogens with one attached hydrogen (secondary N) is 1. The number of hydrogen-bond acceptors (Lipinski definition) is 4. The van der Waals surface area contributed by atoms with Crippen LogP contribution in [-0.2, 0) is 16.7 Å². The second-order valence-electron chi connectivity index (χ2n) is 11.4. The zero-order chi connectivity index (χ0) is 32.7. The average molecular weight is 738 g/mol. The van der Waals surface area contributed by atoms with Crippen LogP contribution in [-0.4, -0.2) is 39.9 Å². The Morgan fingerprint density at radius 2 is 1.27 bits per heavy atom. The first kappa shape index (κ1) is 34.1. The van der Waals surface area contributed by atoms with Crippen molar-refractivity contribution in [3.05, 3.63) is 87.5 Å². The Kier molecular flexibility index (Phi) is 10.0. The molecule has 0 saturated carbocycles. The third-order valence-corrected chi connectivity index (χ3v) is 13.9. The van der Waals surface area contributed by atoms with E-state index in [1.165, 1.54) is 0 Å². The van der Waals surface area contributed by atoms with Crippen LogP contribution in [0, 0.1) is 41.5 Å². The van der Waals surface area contributed by atoms with Gasteiger partial charge in [-0.15, -0.1) is 0 Å². The number of amides is 1. The molecule has 3 aromatic carbocycles. The van der Waals surface area contributed by atoms with Crippen molar-refractivity contribution in [1.29, 1.82) is 0 Å². The summed E-state index contributed by atoms with van der Waals surface area (Å²) in [6.07, 6.45) is -5.47. The topological polar surface area (TPSA) is 44.8 Å². The van der Waals surface area contributed by atoms with E-state index in [2.05, 4.69) is 29.6 Å². The van der Waals surface area contributed by atoms with Crippen molar-refractivity contribution < 1.29 is 34.6 Å². The molecule has 1 fully saturated rings. The van der Waals surface area contributed by atoms with Gasteiger partial charge < -0.3 is 0 Å². The molecule has 1 saturated heterocycles. The van der Waals surface area contributed by atoms with Gasteiger partial charge in [-0.1, -0.05) is 0 Å². The molecule has 1 N–H and O–H groups in total. The van der Waals surface area contributed by atoms with E-state index in [9.17, 15) is 18.0 Å². The number of carbonyl (C=O) groups excluding carboxylic acids is 1. The molecule has 1 heterocycles. The van der Waals surface area contributed by atoms with Gasteiger partial charge in [0.15, 0.2) is 0 Å². The van der Waals surface area contributed by atoms with E-state index in [1.54, 1.807) is 38.1 Å². The summed E-state index contributed by atoms with van der Waals surface area (Å²) in [5, 5.41) is 2.14. The van der Waals surface area contributed by atoms with Gasteiger partial charge in [-0.25, -0.2) is 0 Å². The van der Waals surface area contributed by atoms with Crippen molar-refractivity contribution in [2.75, 3.05) is 22.9 Å². The minimum atomic E-state index is -5.17. The third kappa shape index (κ3) is 6.90. The predicted molar refractivity (Wildman–Crippen MR) is 173 cm³/mol. The van der Waals surface area contributed by atoms with Crippen LogP contribution in [0.2, 0.25) is 0 Å². The monoisotopic (exact) mass is 737 g/mol. The summed E-state index contributed by atoms with van der Waals surface area (Å²) >= 11 is -4.72. The van der Waals surface area contributed by atoms with Crippen LogP contribution >= 0.6 is 19.4 Å². The number of benzene rings is 3. The van der Waals surface area contributed by atoms with E-state index in [0.717, 1.165) is 44.8 Å². The van der Waals surface area contributed by atoms with Crippen molar-refractivity contribution in [2.45, 2.75) is 67.7 Å². The molecule has 240 valence electrons. The molecule has 0 aromatic heterocycles. The Bertz CT molecular complexity index is 1620. The number of nitrogens with zero attached hydrogens (tertiary/aromatic N) is 2. The van der Waals surface area contributed by atoms with Crippen molar-refractivity contribution in [2.24, 2.45) is 0 Å². The van der Waals surface area contributed by atoms with Gasteiger partial charge in [-0.3, -0.25) is 0 Å². The fourth-order valence-corrected chi connectivity index (χ4v) is 12.6. The van der Waals surface area contributed by atoms with E-state index in [4.69, 9.17) is 24.1 Å². The summed E-state index contributed by atoms with van der Waals surface area (Å²) in [5.41, 5.74) is 8.06. The van der Waals surface area contributed by atoms with E-state index in [0.29, 0.717) is 17.4 Å². The van der Waals surface area contributed by atoms with Crippen molar-refractivity contribution in [1.82, 2.24) is 5.32 Å². The molecule has 5 nitrogen and oxygen atoms in total. The molecule has 44 heavy (non-hydrogen) atoms. The predicted octanol–water partition coefficient (Wildman–Crippen LogP) is 8.06. The number of rotatable bonds is 6. The quantitative estimate of drug-likeness (QED) is 0.260. The second kappa shape index (κ2) is 12.9. The van der Waals surface area contributed by atoms with Crippen molar-refractivity contribution in [3.8, 4) is 5.75 Å². The van der Waals surface area contributed by atoms with Crippen molar-refractivity contribution >= 4 is 45.2 Å². The fraction of sp³-hybridized carbons (Fsp3) is 0.364. The average Bonchev–Trinajstić information content (AvgIpc) is 3.30. The number of anilines is 2. The van der Waals surface area contributed by atoms with Crippen LogP contribution in [0.4, 0.5) is 24.5 Å². The van der Waals surface area contributed by atoms with Gasteiger partial charge in [-0.05, 0) is 0 Å². The molecule has 0 atom stereocenters. The molecule has 11 heteroatoms. The van der Waals surface area contributed by atoms with Gasteiger partial charge in [0, 0.05) is 0 Å². The molecular weight excluding hydrogens is 699 g/mol. The molecule has 0 spiro atoms. The van der Waals surface area contributed by atoms with Crippen LogP contribution in [0.15, 0.2) is 48.5 Å². The van der Waals surface area contributed by atoms with Crippen LogP contribution in [0.5, 0.6) is 5.75 Å². The van der Waals surface area contributed by atoms with Gasteiger partial charge in [0.1, 0.15) is 0 Å². The number of carbonyl (C=O) groups is 1. The van der Waals surface area contributed by atoms with Crippen LogP contribution in [0.25, 0.3) is 0 Å². The molecule has 4 rings (SSSR count). The SMILES string of the molecule is Cc1cc(C)c(N2CCN(c3c(C)cc(C)cc3C)[C]2=[Ru]([Cl])([Cl])=[C](NC(=O)C(F)(F)F)c2ccccc2OC(C)C)c(C)c1. The molecule has 0 bridgehead atoms. The zero-order valence-electron chi connectivity index (χ0n) is 26.1. The second-order valence-corrected chi connectivity index (χ2v) is 20.6. The molecule has 0 aliphatic carbocycles. The summed E-state index contributed by atoms with van der Waals surface area (Å²) in [5.74, 6) is -1.88. The van der Waals surface area contributed by atoms with E-state index >= 15 is 0 Å². The Labute approximate surface area is 267 Å². The maximum atomic E-state index is 13.8. The Morgan fingerprint density at radius 1 is 0.841 bits per heavy atom. The van der Waals surface area contributed by atoms with Gasteiger partial charge in [-0.2, -0.15) is 0 Å². The van der Waals surface area contributed by atoms with E-state index in [1.807, 2.05) is 51.3 Å². The van der Waals surface area contributed by atoms with E-state index < -0.39 is 24.0 Å². The molecule has 0 radical (unpaired) electrons. The normalized spacial score (nSPS) is 14.4. The van der Waals surface area contributed by atoms with Crippen LogP contribution in [0.1, 0.15) is 52.8 Å². The van der Waals surface area contributed by atoms with Gasteiger partial charge in [0.05, 0.1) is 0 Å². The summed E-state index contributed by atoms with van der Waals surface area (Å²) in [6.45, 7) is 16.6. The zero-order valence-corrected chi connectivity index (χ0v) is 29.3. The number of alkyl halides is 3. The Balaban J connectivity index is 2.22. The first-order valence-corrected chi connectivity index (χ1v) is 20.4. The van der Waals surface area contributed by atoms with Gasteiger partial charge in [0.2, 0.25) is 0 Å². The van der Waals surface area contributed by atoms with E-state index in [-0.39, 0.29) is 21.6 Å².